The molecule has 5 nitrogen and oxygen atoms in total. The van der Waals surface area contributed by atoms with Gasteiger partial charge in [0.05, 0.1) is 5.75 Å². The number of nitrogens with zero attached hydrogens (tertiary/aromatic N) is 3. The number of hydrogen-bond acceptors (Lipinski definition) is 5. The zero-order valence-electron chi connectivity index (χ0n) is 14.7. The Kier molecular flexibility index (Phi) is 6.67. The molecule has 134 valence electrons. The number of Topliss-reactive ketones (excluding diaryl/α,β-unsaturated/α-hetero) is 1. The van der Waals surface area contributed by atoms with Gasteiger partial charge >= 0.3 is 0 Å². The van der Waals surface area contributed by atoms with E-state index in [1.807, 2.05) is 25.3 Å². The van der Waals surface area contributed by atoms with Gasteiger partial charge in [-0.25, -0.2) is 0 Å². The molecule has 2 rings (SSSR count). The molecule has 0 spiro atoms. The zero-order chi connectivity index (χ0) is 18.4. The molecule has 0 aliphatic rings. The highest BCUT2D eigenvalue weighted by Crippen LogP contribution is 2.23. The molecule has 0 saturated heterocycles. The summed E-state index contributed by atoms with van der Waals surface area (Å²) in [7, 11) is 0. The summed E-state index contributed by atoms with van der Waals surface area (Å²) in [4.78, 5) is 12.1. The van der Waals surface area contributed by atoms with Gasteiger partial charge in [0.1, 0.15) is 18.1 Å². The number of ketones is 1. The van der Waals surface area contributed by atoms with E-state index in [4.69, 9.17) is 16.3 Å². The molecular weight excluding hydrogens is 358 g/mol. The van der Waals surface area contributed by atoms with Crippen LogP contribution in [0.15, 0.2) is 42.1 Å². The number of benzene rings is 1. The van der Waals surface area contributed by atoms with Gasteiger partial charge in [-0.1, -0.05) is 50.2 Å². The van der Waals surface area contributed by atoms with Crippen LogP contribution in [0.25, 0.3) is 0 Å². The van der Waals surface area contributed by atoms with E-state index in [0.717, 1.165) is 0 Å². The minimum atomic E-state index is -0.364. The Labute approximate surface area is 157 Å². The number of rotatable bonds is 8. The van der Waals surface area contributed by atoms with Gasteiger partial charge in [-0.3, -0.25) is 9.36 Å². The first kappa shape index (κ1) is 19.5. The highest BCUT2D eigenvalue weighted by Gasteiger charge is 2.22. The van der Waals surface area contributed by atoms with E-state index in [2.05, 4.69) is 16.8 Å². The quantitative estimate of drug-likeness (QED) is 0.502. The van der Waals surface area contributed by atoms with Crippen LogP contribution in [0.5, 0.6) is 5.75 Å². The Morgan fingerprint density at radius 3 is 2.60 bits per heavy atom. The highest BCUT2D eigenvalue weighted by molar-refractivity contribution is 7.99. The van der Waals surface area contributed by atoms with Crippen LogP contribution in [0.2, 0.25) is 5.02 Å². The summed E-state index contributed by atoms with van der Waals surface area (Å²) in [6, 6.07) is 7.14. The first-order valence-corrected chi connectivity index (χ1v) is 9.25. The van der Waals surface area contributed by atoms with Crippen LogP contribution >= 0.6 is 23.4 Å². The number of carbonyl (C=O) groups excluding carboxylic acids is 1. The molecule has 2 aromatic rings. The molecular formula is C18H22ClN3O2S. The van der Waals surface area contributed by atoms with Crippen molar-refractivity contribution in [2.24, 2.45) is 5.41 Å². The summed E-state index contributed by atoms with van der Waals surface area (Å²) in [6.45, 7) is 10.3. The Morgan fingerprint density at radius 2 is 2.00 bits per heavy atom. The standard InChI is InChI=1S/C18H22ClN3O2S/c1-5-10-22-16(11-24-14-8-6-13(19)7-9-14)20-21-17(22)25-12-15(23)18(2,3)4/h5-9H,1,10-12H2,2-4H3. The Bertz CT molecular complexity index is 736. The summed E-state index contributed by atoms with van der Waals surface area (Å²) in [6.07, 6.45) is 1.77. The fourth-order valence-corrected chi connectivity index (χ4v) is 3.12. The van der Waals surface area contributed by atoms with Gasteiger partial charge in [0.2, 0.25) is 0 Å². The van der Waals surface area contributed by atoms with Crippen LogP contribution in [-0.2, 0) is 17.9 Å². The zero-order valence-corrected chi connectivity index (χ0v) is 16.2. The fraction of sp³-hybridized carbons (Fsp3) is 0.389. The summed E-state index contributed by atoms with van der Waals surface area (Å²) in [5, 5.41) is 9.72. The minimum absolute atomic E-state index is 0.171. The predicted molar refractivity (Wildman–Crippen MR) is 101 cm³/mol. The van der Waals surface area contributed by atoms with Crippen molar-refractivity contribution < 1.29 is 9.53 Å². The van der Waals surface area contributed by atoms with Gasteiger partial charge in [-0.15, -0.1) is 16.8 Å². The van der Waals surface area contributed by atoms with Crippen molar-refractivity contribution in [3.63, 3.8) is 0 Å². The van der Waals surface area contributed by atoms with Crippen molar-refractivity contribution in [2.75, 3.05) is 5.75 Å². The average molecular weight is 380 g/mol. The van der Waals surface area contributed by atoms with Crippen molar-refractivity contribution in [1.29, 1.82) is 0 Å². The fourth-order valence-electron chi connectivity index (χ4n) is 1.87. The molecule has 0 unspecified atom stereocenters. The first-order valence-electron chi connectivity index (χ1n) is 7.88. The van der Waals surface area contributed by atoms with Gasteiger partial charge in [-0.05, 0) is 24.3 Å². The number of aromatic nitrogens is 3. The van der Waals surface area contributed by atoms with Crippen LogP contribution in [0.3, 0.4) is 0 Å². The number of halogens is 1. The third kappa shape index (κ3) is 5.61. The largest absolute Gasteiger partial charge is 0.486 e. The summed E-state index contributed by atoms with van der Waals surface area (Å²) in [5.41, 5.74) is -0.364. The topological polar surface area (TPSA) is 57.0 Å². The second kappa shape index (κ2) is 8.54. The van der Waals surface area contributed by atoms with Crippen LogP contribution in [0.1, 0.15) is 26.6 Å². The Morgan fingerprint density at radius 1 is 1.32 bits per heavy atom. The molecule has 1 heterocycles. The molecule has 1 aromatic heterocycles. The third-order valence-electron chi connectivity index (χ3n) is 3.46. The van der Waals surface area contributed by atoms with Crippen molar-refractivity contribution in [2.45, 2.75) is 39.1 Å². The maximum Gasteiger partial charge on any atom is 0.192 e. The van der Waals surface area contributed by atoms with Gasteiger partial charge in [0, 0.05) is 17.0 Å². The summed E-state index contributed by atoms with van der Waals surface area (Å²) in [5.74, 6) is 1.91. The number of thioether (sulfide) groups is 1. The Balaban J connectivity index is 2.06. The maximum absolute atomic E-state index is 12.1. The maximum atomic E-state index is 12.1. The summed E-state index contributed by atoms with van der Waals surface area (Å²) < 4.78 is 7.64. The lowest BCUT2D eigenvalue weighted by atomic mass is 9.92. The van der Waals surface area contributed by atoms with E-state index in [9.17, 15) is 4.79 Å². The van der Waals surface area contributed by atoms with Crippen LogP contribution in [0.4, 0.5) is 0 Å². The normalized spacial score (nSPS) is 11.4. The lowest BCUT2D eigenvalue weighted by Crippen LogP contribution is -2.22. The minimum Gasteiger partial charge on any atom is -0.486 e. The van der Waals surface area contributed by atoms with E-state index in [-0.39, 0.29) is 17.8 Å². The van der Waals surface area contributed by atoms with Crippen LogP contribution < -0.4 is 4.74 Å². The second-order valence-electron chi connectivity index (χ2n) is 6.50. The molecule has 0 amide bonds. The molecule has 0 atom stereocenters. The molecule has 0 aliphatic carbocycles. The number of allylic oxidation sites excluding steroid dienone is 1. The molecule has 7 heteroatoms. The van der Waals surface area contributed by atoms with Gasteiger partial charge in [-0.2, -0.15) is 0 Å². The van der Waals surface area contributed by atoms with Crippen molar-refractivity contribution in [1.82, 2.24) is 14.8 Å². The van der Waals surface area contributed by atoms with E-state index in [1.54, 1.807) is 30.3 Å². The van der Waals surface area contributed by atoms with Crippen molar-refractivity contribution in [3.05, 3.63) is 47.8 Å². The van der Waals surface area contributed by atoms with Crippen LogP contribution in [-0.4, -0.2) is 26.3 Å². The van der Waals surface area contributed by atoms with E-state index >= 15 is 0 Å². The average Bonchev–Trinajstić information content (AvgIpc) is 2.93. The lowest BCUT2D eigenvalue weighted by Gasteiger charge is -2.16. The molecule has 0 aliphatic heterocycles. The van der Waals surface area contributed by atoms with Crippen LogP contribution in [0, 0.1) is 5.41 Å². The van der Waals surface area contributed by atoms with E-state index < -0.39 is 0 Å². The molecule has 0 bridgehead atoms. The number of hydrogen-bond donors (Lipinski definition) is 0. The molecule has 0 radical (unpaired) electrons. The molecule has 0 saturated carbocycles. The molecule has 0 fully saturated rings. The number of ether oxygens (including phenoxy) is 1. The smallest absolute Gasteiger partial charge is 0.192 e. The van der Waals surface area contributed by atoms with Crippen molar-refractivity contribution >= 4 is 29.1 Å². The Hall–Kier alpha value is -1.79. The van der Waals surface area contributed by atoms with Gasteiger partial charge < -0.3 is 4.74 Å². The second-order valence-corrected chi connectivity index (χ2v) is 7.88. The lowest BCUT2D eigenvalue weighted by molar-refractivity contribution is -0.123. The summed E-state index contributed by atoms with van der Waals surface area (Å²) >= 11 is 7.25. The predicted octanol–water partition coefficient (Wildman–Crippen LogP) is 4.40. The van der Waals surface area contributed by atoms with E-state index in [1.165, 1.54) is 11.8 Å². The SMILES string of the molecule is C=CCn1c(COc2ccc(Cl)cc2)nnc1SCC(=O)C(C)(C)C. The highest BCUT2D eigenvalue weighted by atomic mass is 35.5. The van der Waals surface area contributed by atoms with Crippen molar-refractivity contribution in [3.8, 4) is 5.75 Å². The van der Waals surface area contributed by atoms with Gasteiger partial charge in [0.25, 0.3) is 0 Å². The molecule has 1 aromatic carbocycles. The third-order valence-corrected chi connectivity index (χ3v) is 4.67. The van der Waals surface area contributed by atoms with E-state index in [0.29, 0.717) is 34.1 Å². The molecule has 25 heavy (non-hydrogen) atoms. The number of carbonyl (C=O) groups is 1. The van der Waals surface area contributed by atoms with Gasteiger partial charge in [0.15, 0.2) is 11.0 Å². The monoisotopic (exact) mass is 379 g/mol. The first-order chi connectivity index (χ1) is 11.8. The molecule has 0 N–H and O–H groups in total.